The minimum absolute atomic E-state index is 0.186. The van der Waals surface area contributed by atoms with Crippen molar-refractivity contribution < 1.29 is 14.3 Å². The highest BCUT2D eigenvalue weighted by molar-refractivity contribution is 9.10. The number of primary amides is 1. The Morgan fingerprint density at radius 3 is 2.29 bits per heavy atom. The number of carbonyl (C=O) groups is 2. The second-order valence-electron chi connectivity index (χ2n) is 7.49. The van der Waals surface area contributed by atoms with Crippen LogP contribution in [-0.4, -0.2) is 23.0 Å². The fourth-order valence-electron chi connectivity index (χ4n) is 3.88. The highest BCUT2D eigenvalue weighted by atomic mass is 79.9. The lowest BCUT2D eigenvalue weighted by Gasteiger charge is -2.25. The maximum absolute atomic E-state index is 13.6. The molecule has 0 aliphatic carbocycles. The molecule has 2 N–H and O–H groups in total. The van der Waals surface area contributed by atoms with Crippen molar-refractivity contribution in [1.29, 1.82) is 0 Å². The molecule has 0 bridgehead atoms. The molecule has 0 saturated carbocycles. The lowest BCUT2D eigenvalue weighted by molar-refractivity contribution is -0.123. The number of hydrogen-bond acceptors (Lipinski definition) is 3. The number of fused-ring (bicyclic) bond motifs is 1. The Balaban J connectivity index is 2.46. The van der Waals surface area contributed by atoms with Crippen LogP contribution in [0.15, 0.2) is 34.8 Å². The summed E-state index contributed by atoms with van der Waals surface area (Å²) in [7, 11) is 0. The van der Waals surface area contributed by atoms with Crippen LogP contribution in [0.2, 0.25) is 10.0 Å². The van der Waals surface area contributed by atoms with Gasteiger partial charge in [-0.2, -0.15) is 0 Å². The smallest absolute Gasteiger partial charge is 0.262 e. The summed E-state index contributed by atoms with van der Waals surface area (Å²) in [5.41, 5.74) is 6.92. The fourth-order valence-corrected chi connectivity index (χ4v) is 4.63. The molecule has 1 heterocycles. The van der Waals surface area contributed by atoms with E-state index in [1.165, 1.54) is 4.57 Å². The number of amides is 1. The minimum atomic E-state index is -1.02. The molecular formula is C23H23BrCl2N2O3. The van der Waals surface area contributed by atoms with Crippen molar-refractivity contribution >= 4 is 61.8 Å². The molecule has 8 heteroatoms. The van der Waals surface area contributed by atoms with Crippen LogP contribution in [0.1, 0.15) is 48.8 Å². The summed E-state index contributed by atoms with van der Waals surface area (Å²) in [5, 5.41) is 1.01. The third kappa shape index (κ3) is 3.86. The number of rotatable bonds is 6. The first-order valence-corrected chi connectivity index (χ1v) is 11.4. The molecule has 3 aromatic rings. The van der Waals surface area contributed by atoms with Crippen molar-refractivity contribution in [2.45, 2.75) is 39.5 Å². The van der Waals surface area contributed by atoms with Gasteiger partial charge in [-0.15, -0.1) is 0 Å². The van der Waals surface area contributed by atoms with Crippen molar-refractivity contribution in [2.24, 2.45) is 5.73 Å². The van der Waals surface area contributed by atoms with Crippen molar-refractivity contribution in [3.05, 3.63) is 61.7 Å². The number of benzene rings is 2. The van der Waals surface area contributed by atoms with Gasteiger partial charge in [0.25, 0.3) is 5.91 Å². The molecule has 0 saturated heterocycles. The molecule has 5 nitrogen and oxygen atoms in total. The van der Waals surface area contributed by atoms with Gasteiger partial charge in [-0.1, -0.05) is 46.1 Å². The first-order chi connectivity index (χ1) is 14.6. The van der Waals surface area contributed by atoms with Crippen molar-refractivity contribution in [2.75, 3.05) is 6.61 Å². The zero-order valence-electron chi connectivity index (χ0n) is 17.7. The van der Waals surface area contributed by atoms with Gasteiger partial charge in [0.2, 0.25) is 5.91 Å². The Labute approximate surface area is 199 Å². The third-order valence-corrected chi connectivity index (χ3v) is 7.10. The van der Waals surface area contributed by atoms with E-state index < -0.39 is 11.3 Å². The normalized spacial score (nSPS) is 13.3. The van der Waals surface area contributed by atoms with Gasteiger partial charge in [-0.25, -0.2) is 0 Å². The SMILES string of the molecule is CCOc1cc2c(C(C)(CC)C(N)=O)c(C)n(C(=O)c3ccc(Br)cc3)c2c(Cl)c1Cl. The lowest BCUT2D eigenvalue weighted by atomic mass is 9.78. The molecule has 0 spiro atoms. The van der Waals surface area contributed by atoms with Gasteiger partial charge >= 0.3 is 0 Å². The Bertz CT molecular complexity index is 1190. The quantitative estimate of drug-likeness (QED) is 0.412. The Hall–Kier alpha value is -2.02. The number of carbonyl (C=O) groups excluding carboxylic acids is 2. The summed E-state index contributed by atoms with van der Waals surface area (Å²) < 4.78 is 8.03. The molecule has 31 heavy (non-hydrogen) atoms. The largest absolute Gasteiger partial charge is 0.492 e. The van der Waals surface area contributed by atoms with E-state index in [2.05, 4.69) is 15.9 Å². The van der Waals surface area contributed by atoms with Crippen LogP contribution in [0.25, 0.3) is 10.9 Å². The number of nitrogens with two attached hydrogens (primary N) is 1. The van der Waals surface area contributed by atoms with Gasteiger partial charge in [-0.05, 0) is 63.1 Å². The summed E-state index contributed by atoms with van der Waals surface area (Å²) in [5.74, 6) is -0.386. The number of ether oxygens (including phenoxy) is 1. The summed E-state index contributed by atoms with van der Waals surface area (Å²) in [6.07, 6.45) is 0.443. The predicted octanol–water partition coefficient (Wildman–Crippen LogP) is 6.26. The fraction of sp³-hybridized carbons (Fsp3) is 0.304. The summed E-state index contributed by atoms with van der Waals surface area (Å²) >= 11 is 16.5. The number of halogens is 3. The van der Waals surface area contributed by atoms with Gasteiger partial charge in [0.05, 0.1) is 22.6 Å². The Kier molecular flexibility index (Phi) is 6.75. The van der Waals surface area contributed by atoms with Crippen molar-refractivity contribution in [3.63, 3.8) is 0 Å². The molecule has 0 radical (unpaired) electrons. The van der Waals surface area contributed by atoms with Gasteiger partial charge in [0.15, 0.2) is 0 Å². The van der Waals surface area contributed by atoms with E-state index in [1.807, 2.05) is 13.8 Å². The van der Waals surface area contributed by atoms with Crippen LogP contribution in [-0.2, 0) is 10.2 Å². The molecule has 1 unspecified atom stereocenters. The standard InChI is InChI=1S/C23H23BrCl2N2O3/c1-5-23(4,22(27)30)17-12(3)28(21(29)13-7-9-14(24)10-8-13)20-15(17)11-16(31-6-2)18(25)19(20)26/h7-11H,5-6H2,1-4H3,(H2,27,30). The molecule has 1 aromatic heterocycles. The van der Waals surface area contributed by atoms with E-state index in [0.29, 0.717) is 46.5 Å². The van der Waals surface area contributed by atoms with Crippen LogP contribution >= 0.6 is 39.1 Å². The van der Waals surface area contributed by atoms with Crippen LogP contribution < -0.4 is 10.5 Å². The van der Waals surface area contributed by atoms with Crippen molar-refractivity contribution in [3.8, 4) is 5.75 Å². The van der Waals surface area contributed by atoms with E-state index in [9.17, 15) is 9.59 Å². The average molecular weight is 526 g/mol. The number of nitrogens with zero attached hydrogens (tertiary/aromatic N) is 1. The molecule has 1 amide bonds. The maximum Gasteiger partial charge on any atom is 0.262 e. The number of aromatic nitrogens is 1. The van der Waals surface area contributed by atoms with Crippen LogP contribution in [0.3, 0.4) is 0 Å². The molecule has 2 aromatic carbocycles. The summed E-state index contributed by atoms with van der Waals surface area (Å²) in [6, 6.07) is 8.74. The van der Waals surface area contributed by atoms with E-state index >= 15 is 0 Å². The molecular weight excluding hydrogens is 503 g/mol. The third-order valence-electron chi connectivity index (χ3n) is 5.73. The van der Waals surface area contributed by atoms with E-state index in [4.69, 9.17) is 33.7 Å². The second-order valence-corrected chi connectivity index (χ2v) is 9.16. The predicted molar refractivity (Wildman–Crippen MR) is 129 cm³/mol. The maximum atomic E-state index is 13.6. The zero-order valence-corrected chi connectivity index (χ0v) is 20.8. The van der Waals surface area contributed by atoms with E-state index in [-0.39, 0.29) is 16.0 Å². The van der Waals surface area contributed by atoms with Crippen molar-refractivity contribution in [1.82, 2.24) is 4.57 Å². The molecule has 1 atom stereocenters. The summed E-state index contributed by atoms with van der Waals surface area (Å²) in [6.45, 7) is 7.66. The summed E-state index contributed by atoms with van der Waals surface area (Å²) in [4.78, 5) is 26.1. The molecule has 0 aliphatic heterocycles. The highest BCUT2D eigenvalue weighted by Crippen LogP contribution is 2.46. The van der Waals surface area contributed by atoms with Gasteiger partial charge in [0, 0.05) is 21.1 Å². The minimum Gasteiger partial charge on any atom is -0.492 e. The van der Waals surface area contributed by atoms with Crippen LogP contribution in [0.4, 0.5) is 0 Å². The topological polar surface area (TPSA) is 74.3 Å². The average Bonchev–Trinajstić information content (AvgIpc) is 3.03. The van der Waals surface area contributed by atoms with Gasteiger partial charge < -0.3 is 10.5 Å². The Morgan fingerprint density at radius 1 is 1.16 bits per heavy atom. The highest BCUT2D eigenvalue weighted by Gasteiger charge is 2.38. The first kappa shape index (κ1) is 23.6. The zero-order chi connectivity index (χ0) is 23.1. The van der Waals surface area contributed by atoms with E-state index in [0.717, 1.165) is 4.47 Å². The molecule has 164 valence electrons. The number of hydrogen-bond donors (Lipinski definition) is 1. The van der Waals surface area contributed by atoms with E-state index in [1.54, 1.807) is 44.2 Å². The molecule has 3 rings (SSSR count). The van der Waals surface area contributed by atoms with Gasteiger partial charge in [0.1, 0.15) is 10.8 Å². The molecule has 0 fully saturated rings. The van der Waals surface area contributed by atoms with Crippen LogP contribution in [0, 0.1) is 6.92 Å². The second kappa shape index (κ2) is 8.85. The van der Waals surface area contributed by atoms with Crippen LogP contribution in [0.5, 0.6) is 5.75 Å². The molecule has 0 aliphatic rings. The monoisotopic (exact) mass is 524 g/mol. The Morgan fingerprint density at radius 2 is 1.77 bits per heavy atom. The first-order valence-electron chi connectivity index (χ1n) is 9.84. The van der Waals surface area contributed by atoms with Gasteiger partial charge in [-0.3, -0.25) is 14.2 Å². The lowest BCUT2D eigenvalue weighted by Crippen LogP contribution is -2.38.